The number of nitrogens with one attached hydrogen (secondary N) is 1. The van der Waals surface area contributed by atoms with E-state index in [1.54, 1.807) is 0 Å². The summed E-state index contributed by atoms with van der Waals surface area (Å²) in [6.07, 6.45) is 1.57. The normalized spacial score (nSPS) is 20.4. The van der Waals surface area contributed by atoms with Crippen molar-refractivity contribution in [2.24, 2.45) is 0 Å². The first-order valence-electron chi connectivity index (χ1n) is 9.38. The lowest BCUT2D eigenvalue weighted by Gasteiger charge is -2.34. The molecular weight excluding hydrogens is 362 g/mol. The molecule has 3 rings (SSSR count). The fourth-order valence-electron chi connectivity index (χ4n) is 3.20. The Morgan fingerprint density at radius 1 is 1.30 bits per heavy atom. The van der Waals surface area contributed by atoms with Gasteiger partial charge in [0.2, 0.25) is 5.91 Å². The van der Waals surface area contributed by atoms with Crippen molar-refractivity contribution >= 4 is 22.4 Å². The molecule has 2 heterocycles. The van der Waals surface area contributed by atoms with Crippen LogP contribution in [0, 0.1) is 0 Å². The highest BCUT2D eigenvalue weighted by Crippen LogP contribution is 2.19. The van der Waals surface area contributed by atoms with Gasteiger partial charge in [-0.1, -0.05) is 18.2 Å². The molecule has 2 unspecified atom stereocenters. The van der Waals surface area contributed by atoms with E-state index < -0.39 is 0 Å². The molecule has 0 spiro atoms. The maximum absolute atomic E-state index is 12.1. The van der Waals surface area contributed by atoms with Crippen molar-refractivity contribution in [3.8, 4) is 5.75 Å². The summed E-state index contributed by atoms with van der Waals surface area (Å²) in [4.78, 5) is 19.0. The topological polar surface area (TPSA) is 63.7 Å². The average molecular weight is 390 g/mol. The maximum atomic E-state index is 12.1. The zero-order chi connectivity index (χ0) is 19.1. The number of benzene rings is 1. The number of amides is 1. The molecule has 6 nitrogen and oxygen atoms in total. The summed E-state index contributed by atoms with van der Waals surface area (Å²) < 4.78 is 11.4. The lowest BCUT2D eigenvalue weighted by atomic mass is 10.2. The number of nitrogens with zero attached hydrogens (tertiary/aromatic N) is 2. The molecule has 1 aliphatic rings. The summed E-state index contributed by atoms with van der Waals surface area (Å²) in [5.41, 5.74) is 0.990. The fourth-order valence-corrected chi connectivity index (χ4v) is 3.92. The van der Waals surface area contributed by atoms with E-state index in [4.69, 9.17) is 9.47 Å². The van der Waals surface area contributed by atoms with Gasteiger partial charge in [0.1, 0.15) is 5.75 Å². The van der Waals surface area contributed by atoms with E-state index in [0.29, 0.717) is 24.6 Å². The van der Waals surface area contributed by atoms with Crippen molar-refractivity contribution in [1.82, 2.24) is 9.88 Å². The summed E-state index contributed by atoms with van der Waals surface area (Å²) in [5.74, 6) is 0.801. The predicted octanol–water partition coefficient (Wildman–Crippen LogP) is 3.55. The molecule has 1 aromatic heterocycles. The second-order valence-electron chi connectivity index (χ2n) is 6.91. The molecule has 1 amide bonds. The van der Waals surface area contributed by atoms with Crippen molar-refractivity contribution < 1.29 is 14.3 Å². The van der Waals surface area contributed by atoms with Gasteiger partial charge in [-0.25, -0.2) is 4.98 Å². The van der Waals surface area contributed by atoms with Crippen LogP contribution in [0.1, 0.15) is 32.4 Å². The van der Waals surface area contributed by atoms with Gasteiger partial charge < -0.3 is 14.8 Å². The number of ether oxygens (including phenoxy) is 2. The van der Waals surface area contributed by atoms with Gasteiger partial charge in [-0.15, -0.1) is 11.3 Å². The first kappa shape index (κ1) is 19.8. The van der Waals surface area contributed by atoms with Crippen LogP contribution in [0.3, 0.4) is 0 Å². The van der Waals surface area contributed by atoms with Crippen molar-refractivity contribution in [1.29, 1.82) is 0 Å². The first-order valence-corrected chi connectivity index (χ1v) is 10.3. The number of thiazole rings is 1. The van der Waals surface area contributed by atoms with Crippen LogP contribution in [-0.2, 0) is 16.1 Å². The molecule has 1 fully saturated rings. The highest BCUT2D eigenvalue weighted by Gasteiger charge is 2.22. The number of morpholine rings is 1. The van der Waals surface area contributed by atoms with Gasteiger partial charge in [0.15, 0.2) is 5.13 Å². The summed E-state index contributed by atoms with van der Waals surface area (Å²) in [6, 6.07) is 9.63. The van der Waals surface area contributed by atoms with E-state index in [1.807, 2.05) is 35.7 Å². The minimum atomic E-state index is -0.0267. The standard InChI is InChI=1S/C20H27N3O3S/c1-15-11-23(12-16(2)26-15)13-17-14-27-20(21-17)22-19(24)9-6-10-25-18-7-4-3-5-8-18/h3-5,7-8,14-16H,6,9-13H2,1-2H3,(H,21,22,24). The zero-order valence-corrected chi connectivity index (χ0v) is 16.7. The number of carbonyl (C=O) groups is 1. The van der Waals surface area contributed by atoms with Gasteiger partial charge >= 0.3 is 0 Å². The molecule has 1 N–H and O–H groups in total. The van der Waals surface area contributed by atoms with E-state index in [2.05, 4.69) is 29.0 Å². The molecule has 0 radical (unpaired) electrons. The Bertz CT molecular complexity index is 712. The molecule has 146 valence electrons. The number of aromatic nitrogens is 1. The molecule has 2 atom stereocenters. The summed E-state index contributed by atoms with van der Waals surface area (Å²) in [6.45, 7) is 7.31. The smallest absolute Gasteiger partial charge is 0.226 e. The molecule has 27 heavy (non-hydrogen) atoms. The third-order valence-corrected chi connectivity index (χ3v) is 5.05. The number of para-hydroxylation sites is 1. The van der Waals surface area contributed by atoms with Crippen LogP contribution in [0.25, 0.3) is 0 Å². The largest absolute Gasteiger partial charge is 0.494 e. The van der Waals surface area contributed by atoms with Gasteiger partial charge in [0.05, 0.1) is 24.5 Å². The van der Waals surface area contributed by atoms with Crippen LogP contribution in [0.5, 0.6) is 5.75 Å². The molecule has 7 heteroatoms. The highest BCUT2D eigenvalue weighted by molar-refractivity contribution is 7.13. The van der Waals surface area contributed by atoms with Gasteiger partial charge in [0, 0.05) is 31.4 Å². The van der Waals surface area contributed by atoms with Crippen LogP contribution in [0.2, 0.25) is 0 Å². The van der Waals surface area contributed by atoms with Crippen molar-refractivity contribution in [3.63, 3.8) is 0 Å². The van der Waals surface area contributed by atoms with E-state index in [0.717, 1.165) is 31.1 Å². The number of anilines is 1. The Morgan fingerprint density at radius 2 is 2.04 bits per heavy atom. The number of carbonyl (C=O) groups excluding carboxylic acids is 1. The molecule has 1 aromatic carbocycles. The summed E-state index contributed by atoms with van der Waals surface area (Å²) >= 11 is 1.47. The molecule has 0 saturated carbocycles. The van der Waals surface area contributed by atoms with Crippen LogP contribution >= 0.6 is 11.3 Å². The second-order valence-corrected chi connectivity index (χ2v) is 7.77. The fraction of sp³-hybridized carbons (Fsp3) is 0.500. The van der Waals surface area contributed by atoms with Crippen LogP contribution < -0.4 is 10.1 Å². The third kappa shape index (κ3) is 6.61. The Balaban J connectivity index is 1.37. The lowest BCUT2D eigenvalue weighted by Crippen LogP contribution is -2.44. The van der Waals surface area contributed by atoms with Crippen LogP contribution in [0.15, 0.2) is 35.7 Å². The molecule has 1 aliphatic heterocycles. The van der Waals surface area contributed by atoms with E-state index in [1.165, 1.54) is 11.3 Å². The van der Waals surface area contributed by atoms with Gasteiger partial charge in [-0.05, 0) is 32.4 Å². The Labute approximate surface area is 164 Å². The highest BCUT2D eigenvalue weighted by atomic mass is 32.1. The zero-order valence-electron chi connectivity index (χ0n) is 15.9. The number of hydrogen-bond donors (Lipinski definition) is 1. The molecule has 0 bridgehead atoms. The van der Waals surface area contributed by atoms with Gasteiger partial charge in [-0.3, -0.25) is 9.69 Å². The van der Waals surface area contributed by atoms with E-state index in [9.17, 15) is 4.79 Å². The summed E-state index contributed by atoms with van der Waals surface area (Å²) in [7, 11) is 0. The summed E-state index contributed by atoms with van der Waals surface area (Å²) in [5, 5.41) is 5.56. The number of hydrogen-bond acceptors (Lipinski definition) is 6. The van der Waals surface area contributed by atoms with Crippen LogP contribution in [0.4, 0.5) is 5.13 Å². The minimum Gasteiger partial charge on any atom is -0.494 e. The molecule has 1 saturated heterocycles. The van der Waals surface area contributed by atoms with Crippen molar-refractivity contribution in [2.45, 2.75) is 45.4 Å². The Kier molecular flexibility index (Phi) is 7.20. The first-order chi connectivity index (χ1) is 13.1. The number of rotatable bonds is 8. The van der Waals surface area contributed by atoms with Gasteiger partial charge in [-0.2, -0.15) is 0 Å². The average Bonchev–Trinajstić information content (AvgIpc) is 3.05. The van der Waals surface area contributed by atoms with E-state index >= 15 is 0 Å². The third-order valence-electron chi connectivity index (χ3n) is 4.24. The molecular formula is C20H27N3O3S. The lowest BCUT2D eigenvalue weighted by molar-refractivity contribution is -0.116. The predicted molar refractivity (Wildman–Crippen MR) is 107 cm³/mol. The second kappa shape index (κ2) is 9.82. The van der Waals surface area contributed by atoms with E-state index in [-0.39, 0.29) is 18.1 Å². The minimum absolute atomic E-state index is 0.0267. The van der Waals surface area contributed by atoms with Crippen molar-refractivity contribution in [2.75, 3.05) is 25.0 Å². The SMILES string of the molecule is CC1CN(Cc2csc(NC(=O)CCCOc3ccccc3)n2)CC(C)O1. The van der Waals surface area contributed by atoms with Crippen molar-refractivity contribution in [3.05, 3.63) is 41.4 Å². The Morgan fingerprint density at radius 3 is 2.78 bits per heavy atom. The molecule has 0 aliphatic carbocycles. The van der Waals surface area contributed by atoms with Crippen LogP contribution in [-0.4, -0.2) is 47.7 Å². The quantitative estimate of drug-likeness (QED) is 0.700. The molecule has 2 aromatic rings. The Hall–Kier alpha value is -1.96. The monoisotopic (exact) mass is 389 g/mol. The van der Waals surface area contributed by atoms with Gasteiger partial charge in [0.25, 0.3) is 0 Å². The maximum Gasteiger partial charge on any atom is 0.226 e.